The molecule has 2 heteroatoms. The summed E-state index contributed by atoms with van der Waals surface area (Å²) in [6, 6.07) is 0. The maximum Gasteiger partial charge on any atom is 3.00 e. The Morgan fingerprint density at radius 1 is 1.21 bits per heavy atom. The van der Waals surface area contributed by atoms with Gasteiger partial charge < -0.3 is 6.92 Å². The number of hydrogen-bond acceptors (Lipinski definition) is 1. The zero-order valence-electron chi connectivity index (χ0n) is 16.0. The average Bonchev–Trinajstić information content (AvgIpc) is 2.45. The van der Waals surface area contributed by atoms with Gasteiger partial charge in [0.1, 0.15) is 5.78 Å². The molecule has 0 saturated heterocycles. The van der Waals surface area contributed by atoms with E-state index in [9.17, 15) is 4.79 Å². The fourth-order valence-corrected chi connectivity index (χ4v) is 3.01. The molecule has 0 aromatic rings. The molecule has 0 aromatic carbocycles. The van der Waals surface area contributed by atoms with Crippen molar-refractivity contribution in [1.29, 1.82) is 0 Å². The van der Waals surface area contributed by atoms with E-state index in [4.69, 9.17) is 0 Å². The molecule has 1 nitrogen and oxygen atoms in total. The summed E-state index contributed by atoms with van der Waals surface area (Å²) in [6.07, 6.45) is 16.2. The number of hydrogen-bond donors (Lipinski definition) is 0. The van der Waals surface area contributed by atoms with Crippen molar-refractivity contribution in [2.24, 2.45) is 5.41 Å². The molecule has 0 aliphatic heterocycles. The predicted molar refractivity (Wildman–Crippen MR) is 101 cm³/mol. The zero-order chi connectivity index (χ0) is 17.5. The summed E-state index contributed by atoms with van der Waals surface area (Å²) in [5, 5.41) is 0. The standard InChI is InChI=1S/C22H31O.Y/c1-7-20(23)16-18(3)11-8-10-17(2)13-14-21-19(4)12-9-15-22(21,5)6;/h8,10-11,13-14,16H,1,7,9,12,15H2,2-6H3;/q-1;+3/b11-8+,14-13+,17-10+,18-16+;. The van der Waals surface area contributed by atoms with Crippen molar-refractivity contribution in [3.63, 3.8) is 0 Å². The SMILES string of the molecule is [CH2-]CC(=O)/C=C(C)/C=C/C=C(C)/C=C/C1=C(C)CCCC1(C)C.[Y+3]. The molecular weight excluding hydrogens is 369 g/mol. The van der Waals surface area contributed by atoms with Crippen LogP contribution in [0.15, 0.2) is 58.7 Å². The largest absolute Gasteiger partial charge is 3.00 e. The van der Waals surface area contributed by atoms with Gasteiger partial charge in [-0.3, -0.25) is 4.79 Å². The summed E-state index contributed by atoms with van der Waals surface area (Å²) in [6.45, 7) is 14.6. The number of carbonyl (C=O) groups excluding carboxylic acids is 1. The van der Waals surface area contributed by atoms with Crippen LogP contribution in [0, 0.1) is 12.3 Å². The summed E-state index contributed by atoms with van der Waals surface area (Å²) >= 11 is 0. The first-order valence-corrected chi connectivity index (χ1v) is 8.50. The zero-order valence-corrected chi connectivity index (χ0v) is 18.8. The summed E-state index contributed by atoms with van der Waals surface area (Å²) in [7, 11) is 0. The molecule has 1 aliphatic carbocycles. The second-order valence-electron chi connectivity index (χ2n) is 7.14. The molecule has 1 rings (SSSR count). The molecule has 0 saturated carbocycles. The Balaban J connectivity index is 0.00000529. The smallest absolute Gasteiger partial charge is 0.336 e. The van der Waals surface area contributed by atoms with Crippen molar-refractivity contribution in [3.05, 3.63) is 65.7 Å². The molecule has 0 N–H and O–H groups in total. The maximum absolute atomic E-state index is 11.3. The Hall–Kier alpha value is -0.526. The van der Waals surface area contributed by atoms with Gasteiger partial charge in [0.15, 0.2) is 0 Å². The normalized spacial score (nSPS) is 19.1. The van der Waals surface area contributed by atoms with Gasteiger partial charge >= 0.3 is 32.7 Å². The van der Waals surface area contributed by atoms with E-state index in [0.717, 1.165) is 5.57 Å². The van der Waals surface area contributed by atoms with Crippen molar-refractivity contribution in [2.45, 2.75) is 60.3 Å². The van der Waals surface area contributed by atoms with Gasteiger partial charge in [-0.15, -0.1) is 6.42 Å². The van der Waals surface area contributed by atoms with E-state index in [0.29, 0.717) is 6.42 Å². The monoisotopic (exact) mass is 400 g/mol. The Morgan fingerprint density at radius 3 is 2.46 bits per heavy atom. The Bertz CT molecular complexity index is 583. The quantitative estimate of drug-likeness (QED) is 0.290. The third-order valence-electron chi connectivity index (χ3n) is 4.41. The molecule has 0 heterocycles. The summed E-state index contributed by atoms with van der Waals surface area (Å²) in [5.74, 6) is 0.0645. The van der Waals surface area contributed by atoms with Crippen molar-refractivity contribution < 1.29 is 37.5 Å². The summed E-state index contributed by atoms with van der Waals surface area (Å²) in [4.78, 5) is 11.3. The molecule has 0 atom stereocenters. The van der Waals surface area contributed by atoms with Gasteiger partial charge in [0.25, 0.3) is 0 Å². The number of allylic oxidation sites excluding steroid dienone is 10. The summed E-state index contributed by atoms with van der Waals surface area (Å²) < 4.78 is 0. The van der Waals surface area contributed by atoms with Gasteiger partial charge in [-0.05, 0) is 62.7 Å². The van der Waals surface area contributed by atoms with Crippen LogP contribution >= 0.6 is 0 Å². The number of carbonyl (C=O) groups is 1. The van der Waals surface area contributed by atoms with Crippen LogP contribution in [0.25, 0.3) is 0 Å². The number of rotatable bonds is 6. The molecule has 0 aromatic heterocycles. The fraction of sp³-hybridized carbons (Fsp3) is 0.455. The summed E-state index contributed by atoms with van der Waals surface area (Å²) in [5.41, 5.74) is 5.45. The topological polar surface area (TPSA) is 17.1 Å². The first kappa shape index (κ1) is 23.5. The van der Waals surface area contributed by atoms with Crippen LogP contribution in [0.4, 0.5) is 0 Å². The molecule has 1 aliphatic rings. The molecule has 24 heavy (non-hydrogen) atoms. The van der Waals surface area contributed by atoms with Crippen LogP contribution in [0.3, 0.4) is 0 Å². The van der Waals surface area contributed by atoms with E-state index < -0.39 is 0 Å². The van der Waals surface area contributed by atoms with Crippen LogP contribution in [0.2, 0.25) is 0 Å². The Labute approximate surface area is 173 Å². The van der Waals surface area contributed by atoms with E-state index >= 15 is 0 Å². The van der Waals surface area contributed by atoms with Gasteiger partial charge in [-0.1, -0.05) is 55.4 Å². The van der Waals surface area contributed by atoms with Crippen LogP contribution in [-0.2, 0) is 37.5 Å². The molecule has 0 unspecified atom stereocenters. The Kier molecular flexibility index (Phi) is 10.9. The molecule has 0 fully saturated rings. The van der Waals surface area contributed by atoms with Crippen molar-refractivity contribution in [1.82, 2.24) is 0 Å². The maximum atomic E-state index is 11.3. The van der Waals surface area contributed by atoms with E-state index in [1.54, 1.807) is 6.08 Å². The van der Waals surface area contributed by atoms with Crippen LogP contribution < -0.4 is 0 Å². The van der Waals surface area contributed by atoms with E-state index in [1.165, 1.54) is 36.0 Å². The first-order valence-electron chi connectivity index (χ1n) is 8.50. The van der Waals surface area contributed by atoms with E-state index in [1.807, 2.05) is 19.1 Å². The molecule has 0 amide bonds. The molecule has 126 valence electrons. The van der Waals surface area contributed by atoms with Crippen LogP contribution in [0.5, 0.6) is 0 Å². The minimum Gasteiger partial charge on any atom is -0.336 e. The third-order valence-corrected chi connectivity index (χ3v) is 4.41. The van der Waals surface area contributed by atoms with Crippen molar-refractivity contribution >= 4 is 5.78 Å². The minimum absolute atomic E-state index is 0. The molecular formula is C22H31OY+2. The van der Waals surface area contributed by atoms with Gasteiger partial charge in [0, 0.05) is 0 Å². The van der Waals surface area contributed by atoms with Gasteiger partial charge in [0.2, 0.25) is 0 Å². The fourth-order valence-electron chi connectivity index (χ4n) is 3.01. The van der Waals surface area contributed by atoms with Crippen LogP contribution in [-0.4, -0.2) is 5.78 Å². The average molecular weight is 400 g/mol. The van der Waals surface area contributed by atoms with Gasteiger partial charge in [-0.25, -0.2) is 0 Å². The van der Waals surface area contributed by atoms with Crippen LogP contribution in [0.1, 0.15) is 60.3 Å². The van der Waals surface area contributed by atoms with E-state index in [2.05, 4.69) is 52.8 Å². The van der Waals surface area contributed by atoms with E-state index in [-0.39, 0.29) is 43.9 Å². The predicted octanol–water partition coefficient (Wildman–Crippen LogP) is 6.31. The molecule has 0 bridgehead atoms. The minimum atomic E-state index is 0. The second-order valence-corrected chi connectivity index (χ2v) is 7.14. The molecule has 0 radical (unpaired) electrons. The number of ketones is 1. The van der Waals surface area contributed by atoms with Crippen molar-refractivity contribution in [3.8, 4) is 0 Å². The van der Waals surface area contributed by atoms with Gasteiger partial charge in [0.05, 0.1) is 0 Å². The second kappa shape index (κ2) is 11.2. The first-order chi connectivity index (χ1) is 10.8. The van der Waals surface area contributed by atoms with Crippen molar-refractivity contribution in [2.75, 3.05) is 0 Å². The third kappa shape index (κ3) is 8.03. The van der Waals surface area contributed by atoms with Gasteiger partial charge in [-0.2, -0.15) is 0 Å². The molecule has 0 spiro atoms. The Morgan fingerprint density at radius 2 is 1.88 bits per heavy atom.